The zero-order chi connectivity index (χ0) is 17.1. The number of carbonyl (C=O) groups is 1. The Kier molecular flexibility index (Phi) is 4.98. The van der Waals surface area contributed by atoms with Gasteiger partial charge in [-0.1, -0.05) is 17.9 Å². The van der Waals surface area contributed by atoms with E-state index < -0.39 is 5.82 Å². The Morgan fingerprint density at radius 2 is 2.04 bits per heavy atom. The van der Waals surface area contributed by atoms with Crippen LogP contribution >= 0.6 is 11.3 Å². The van der Waals surface area contributed by atoms with Crippen LogP contribution in [0.15, 0.2) is 29.6 Å². The van der Waals surface area contributed by atoms with Gasteiger partial charge in [0.1, 0.15) is 5.82 Å². The number of aldehydes is 1. The summed E-state index contributed by atoms with van der Waals surface area (Å²) in [4.78, 5) is 14.4. The summed E-state index contributed by atoms with van der Waals surface area (Å²) in [7, 11) is 0. The normalized spacial score (nSPS) is 20.4. The van der Waals surface area contributed by atoms with Crippen LogP contribution in [0.25, 0.3) is 0 Å². The lowest BCUT2D eigenvalue weighted by atomic mass is 10.1. The molecule has 1 aliphatic heterocycles. The molecule has 3 nitrogen and oxygen atoms in total. The van der Waals surface area contributed by atoms with Crippen LogP contribution in [0.5, 0.6) is 0 Å². The standard InChI is InChI=1S/C19H18FNO2S/c1-13-10-21(11-14(2)23-13)19-9-18(20)15(8-16(19)12-22)5-6-17-4-3-7-24-17/h3-4,7-9,12-14H,10-11H2,1-2H3/t13-,14+. The van der Waals surface area contributed by atoms with Gasteiger partial charge in [-0.25, -0.2) is 4.39 Å². The summed E-state index contributed by atoms with van der Waals surface area (Å²) in [6.07, 6.45) is 0.833. The number of morpholine rings is 1. The molecular formula is C19H18FNO2S. The van der Waals surface area contributed by atoms with E-state index in [0.717, 1.165) is 11.2 Å². The first-order valence-corrected chi connectivity index (χ1v) is 8.69. The molecule has 1 aromatic carbocycles. The Morgan fingerprint density at radius 1 is 1.29 bits per heavy atom. The lowest BCUT2D eigenvalue weighted by Crippen LogP contribution is -2.45. The zero-order valence-corrected chi connectivity index (χ0v) is 14.4. The molecule has 0 N–H and O–H groups in total. The maximum absolute atomic E-state index is 14.5. The number of halogens is 1. The highest BCUT2D eigenvalue weighted by Gasteiger charge is 2.24. The quantitative estimate of drug-likeness (QED) is 0.615. The fourth-order valence-electron chi connectivity index (χ4n) is 2.90. The van der Waals surface area contributed by atoms with Crippen LogP contribution in [-0.2, 0) is 4.74 Å². The molecule has 5 heteroatoms. The molecule has 1 aliphatic rings. The van der Waals surface area contributed by atoms with Gasteiger partial charge in [0.25, 0.3) is 0 Å². The number of hydrogen-bond acceptors (Lipinski definition) is 4. The minimum Gasteiger partial charge on any atom is -0.372 e. The van der Waals surface area contributed by atoms with Gasteiger partial charge in [-0.2, -0.15) is 0 Å². The molecule has 0 radical (unpaired) electrons. The summed E-state index contributed by atoms with van der Waals surface area (Å²) in [5.41, 5.74) is 1.29. The number of nitrogens with zero attached hydrogens (tertiary/aromatic N) is 1. The van der Waals surface area contributed by atoms with E-state index in [9.17, 15) is 9.18 Å². The zero-order valence-electron chi connectivity index (χ0n) is 13.6. The van der Waals surface area contributed by atoms with Crippen molar-refractivity contribution < 1.29 is 13.9 Å². The number of rotatable bonds is 2. The molecule has 0 aliphatic carbocycles. The van der Waals surface area contributed by atoms with Crippen LogP contribution < -0.4 is 4.90 Å². The maximum Gasteiger partial charge on any atom is 0.152 e. The SMILES string of the molecule is C[C@@H]1CN(c2cc(F)c(C#Cc3cccs3)cc2C=O)C[C@H](C)O1. The molecule has 124 valence electrons. The Morgan fingerprint density at radius 3 is 2.67 bits per heavy atom. The van der Waals surface area contributed by atoms with Crippen LogP contribution in [0.4, 0.5) is 10.1 Å². The minimum absolute atomic E-state index is 0.0367. The molecule has 1 saturated heterocycles. The van der Waals surface area contributed by atoms with Crippen molar-refractivity contribution in [1.82, 2.24) is 0 Å². The molecular weight excluding hydrogens is 325 g/mol. The molecule has 1 fully saturated rings. The molecule has 24 heavy (non-hydrogen) atoms. The Bertz CT molecular complexity index is 782. The molecule has 3 rings (SSSR count). The monoisotopic (exact) mass is 343 g/mol. The average molecular weight is 343 g/mol. The van der Waals surface area contributed by atoms with E-state index in [1.54, 1.807) is 0 Å². The van der Waals surface area contributed by atoms with Gasteiger partial charge in [-0.3, -0.25) is 4.79 Å². The van der Waals surface area contributed by atoms with Crippen molar-refractivity contribution in [3.63, 3.8) is 0 Å². The van der Waals surface area contributed by atoms with E-state index >= 15 is 0 Å². The van der Waals surface area contributed by atoms with Crippen molar-refractivity contribution in [2.75, 3.05) is 18.0 Å². The molecule has 0 saturated carbocycles. The summed E-state index contributed by atoms with van der Waals surface area (Å²) in [6.45, 7) is 5.20. The van der Waals surface area contributed by atoms with Crippen LogP contribution in [0, 0.1) is 17.7 Å². The predicted octanol–water partition coefficient (Wildman–Crippen LogP) is 3.71. The lowest BCUT2D eigenvalue weighted by molar-refractivity contribution is -0.00527. The van der Waals surface area contributed by atoms with Gasteiger partial charge in [0.05, 0.1) is 28.3 Å². The van der Waals surface area contributed by atoms with Gasteiger partial charge in [-0.05, 0) is 37.4 Å². The van der Waals surface area contributed by atoms with Gasteiger partial charge < -0.3 is 9.64 Å². The number of ether oxygens (including phenoxy) is 1. The van der Waals surface area contributed by atoms with Crippen molar-refractivity contribution in [3.05, 3.63) is 51.5 Å². The summed E-state index contributed by atoms with van der Waals surface area (Å²) in [5.74, 6) is 5.34. The van der Waals surface area contributed by atoms with Gasteiger partial charge >= 0.3 is 0 Å². The van der Waals surface area contributed by atoms with Crippen molar-refractivity contribution >= 4 is 23.3 Å². The van der Waals surface area contributed by atoms with Gasteiger partial charge in [0.2, 0.25) is 0 Å². The Labute approximate surface area is 145 Å². The third-order valence-electron chi connectivity index (χ3n) is 3.85. The summed E-state index contributed by atoms with van der Waals surface area (Å²) in [6, 6.07) is 6.71. The summed E-state index contributed by atoms with van der Waals surface area (Å²) in [5, 5.41) is 1.92. The van der Waals surface area contributed by atoms with Crippen molar-refractivity contribution in [1.29, 1.82) is 0 Å². The molecule has 0 unspecified atom stereocenters. The first-order chi connectivity index (χ1) is 11.6. The summed E-state index contributed by atoms with van der Waals surface area (Å²) < 4.78 is 20.2. The van der Waals surface area contributed by atoms with Gasteiger partial charge in [0.15, 0.2) is 6.29 Å². The third kappa shape index (κ3) is 3.66. The van der Waals surface area contributed by atoms with Crippen molar-refractivity contribution in [3.8, 4) is 11.8 Å². The number of carbonyl (C=O) groups excluding carboxylic acids is 1. The fourth-order valence-corrected chi connectivity index (χ4v) is 3.47. The highest BCUT2D eigenvalue weighted by atomic mass is 32.1. The first kappa shape index (κ1) is 16.7. The van der Waals surface area contributed by atoms with E-state index in [1.807, 2.05) is 36.3 Å². The van der Waals surface area contributed by atoms with Gasteiger partial charge in [0, 0.05) is 18.7 Å². The van der Waals surface area contributed by atoms with Crippen LogP contribution in [0.3, 0.4) is 0 Å². The van der Waals surface area contributed by atoms with Crippen molar-refractivity contribution in [2.24, 2.45) is 0 Å². The van der Waals surface area contributed by atoms with E-state index in [1.165, 1.54) is 23.5 Å². The second-order valence-electron chi connectivity index (χ2n) is 5.90. The second-order valence-corrected chi connectivity index (χ2v) is 6.85. The third-order valence-corrected chi connectivity index (χ3v) is 4.63. The maximum atomic E-state index is 14.5. The predicted molar refractivity (Wildman–Crippen MR) is 94.3 cm³/mol. The smallest absolute Gasteiger partial charge is 0.152 e. The molecule has 2 aromatic rings. The first-order valence-electron chi connectivity index (χ1n) is 7.81. The van der Waals surface area contributed by atoms with E-state index in [-0.39, 0.29) is 17.8 Å². The van der Waals surface area contributed by atoms with Crippen molar-refractivity contribution in [2.45, 2.75) is 26.1 Å². The van der Waals surface area contributed by atoms with Crippen LogP contribution in [0.2, 0.25) is 0 Å². The highest BCUT2D eigenvalue weighted by Crippen LogP contribution is 2.26. The molecule has 0 spiro atoms. The van der Waals surface area contributed by atoms with E-state index in [2.05, 4.69) is 11.8 Å². The summed E-state index contributed by atoms with van der Waals surface area (Å²) >= 11 is 1.50. The van der Waals surface area contributed by atoms with Gasteiger partial charge in [-0.15, -0.1) is 11.3 Å². The van der Waals surface area contributed by atoms with E-state index in [4.69, 9.17) is 4.74 Å². The number of benzene rings is 1. The topological polar surface area (TPSA) is 29.5 Å². The lowest BCUT2D eigenvalue weighted by Gasteiger charge is -2.37. The Hall–Kier alpha value is -2.16. The largest absolute Gasteiger partial charge is 0.372 e. The van der Waals surface area contributed by atoms with Crippen LogP contribution in [0.1, 0.15) is 34.6 Å². The molecule has 2 atom stereocenters. The fraction of sp³-hybridized carbons (Fsp3) is 0.316. The minimum atomic E-state index is -0.411. The molecule has 0 bridgehead atoms. The average Bonchev–Trinajstić information content (AvgIpc) is 3.06. The number of anilines is 1. The molecule has 2 heterocycles. The molecule has 0 amide bonds. The second kappa shape index (κ2) is 7.16. The van der Waals surface area contributed by atoms with E-state index in [0.29, 0.717) is 24.3 Å². The number of hydrogen-bond donors (Lipinski definition) is 0. The number of thiophene rings is 1. The highest BCUT2D eigenvalue weighted by molar-refractivity contribution is 7.10. The Balaban J connectivity index is 1.94. The molecule has 1 aromatic heterocycles. The van der Waals surface area contributed by atoms with Crippen LogP contribution in [-0.4, -0.2) is 31.6 Å².